The summed E-state index contributed by atoms with van der Waals surface area (Å²) < 4.78 is 0.909. The fraction of sp³-hybridized carbons (Fsp3) is 0.444. The summed E-state index contributed by atoms with van der Waals surface area (Å²) in [6.07, 6.45) is 5.23. The van der Waals surface area contributed by atoms with E-state index in [0.717, 1.165) is 17.3 Å². The van der Waals surface area contributed by atoms with Crippen molar-refractivity contribution < 1.29 is 4.79 Å². The topological polar surface area (TPSA) is 44.9 Å². The van der Waals surface area contributed by atoms with Crippen LogP contribution in [0.2, 0.25) is 0 Å². The lowest BCUT2D eigenvalue weighted by Crippen LogP contribution is -2.39. The third-order valence-corrected chi connectivity index (χ3v) is 2.79. The minimum Gasteiger partial charge on any atom is -0.356 e. The smallest absolute Gasteiger partial charge is 0.267 e. The van der Waals surface area contributed by atoms with Gasteiger partial charge in [-0.3, -0.25) is 4.79 Å². The summed E-state index contributed by atoms with van der Waals surface area (Å²) >= 11 is 3.29. The first-order valence-corrected chi connectivity index (χ1v) is 5.20. The monoisotopic (exact) mass is 242 g/mol. The summed E-state index contributed by atoms with van der Waals surface area (Å²) in [7, 11) is 0. The molecule has 1 aliphatic carbocycles. The van der Waals surface area contributed by atoms with Gasteiger partial charge in [-0.1, -0.05) is 0 Å². The van der Waals surface area contributed by atoms with Crippen molar-refractivity contribution in [3.8, 4) is 0 Å². The van der Waals surface area contributed by atoms with Crippen LogP contribution in [-0.2, 0) is 0 Å². The van der Waals surface area contributed by atoms with Crippen LogP contribution in [0, 0.1) is 0 Å². The van der Waals surface area contributed by atoms with E-state index >= 15 is 0 Å². The molecule has 0 saturated heterocycles. The van der Waals surface area contributed by atoms with E-state index in [0.29, 0.717) is 11.7 Å². The van der Waals surface area contributed by atoms with Gasteiger partial charge in [-0.2, -0.15) is 0 Å². The zero-order valence-electron chi connectivity index (χ0n) is 7.14. The Labute approximate surface area is 85.0 Å². The Morgan fingerprint density at radius 3 is 2.85 bits per heavy atom. The summed E-state index contributed by atoms with van der Waals surface area (Å²) in [6, 6.07) is 2.18. The summed E-state index contributed by atoms with van der Waals surface area (Å²) in [6.45, 7) is 0. The molecule has 0 radical (unpaired) electrons. The van der Waals surface area contributed by atoms with Gasteiger partial charge in [-0.15, -0.1) is 0 Å². The molecule has 1 aromatic heterocycles. The molecule has 1 aliphatic rings. The van der Waals surface area contributed by atoms with Crippen LogP contribution in [0.3, 0.4) is 0 Å². The molecule has 0 atom stereocenters. The lowest BCUT2D eigenvalue weighted by atomic mass is 9.93. The second kappa shape index (κ2) is 3.54. The van der Waals surface area contributed by atoms with E-state index in [4.69, 9.17) is 0 Å². The van der Waals surface area contributed by atoms with Crippen molar-refractivity contribution in [3.63, 3.8) is 0 Å². The Bertz CT molecular complexity index is 317. The number of aromatic amines is 1. The molecule has 0 spiro atoms. The van der Waals surface area contributed by atoms with Crippen LogP contribution >= 0.6 is 15.9 Å². The normalized spacial score (nSPS) is 16.7. The van der Waals surface area contributed by atoms with E-state index in [9.17, 15) is 4.79 Å². The van der Waals surface area contributed by atoms with Crippen LogP contribution in [0.15, 0.2) is 16.7 Å². The summed E-state index contributed by atoms with van der Waals surface area (Å²) in [5.74, 6) is -0.00426. The average Bonchev–Trinajstić information content (AvgIpc) is 2.44. The summed E-state index contributed by atoms with van der Waals surface area (Å²) in [4.78, 5) is 14.4. The Hall–Kier alpha value is -0.770. The van der Waals surface area contributed by atoms with Gasteiger partial charge in [0.2, 0.25) is 0 Å². The maximum absolute atomic E-state index is 11.5. The van der Waals surface area contributed by atoms with Crippen molar-refractivity contribution in [2.24, 2.45) is 0 Å². The van der Waals surface area contributed by atoms with Crippen molar-refractivity contribution in [3.05, 3.63) is 22.4 Å². The zero-order valence-corrected chi connectivity index (χ0v) is 8.73. The third-order valence-electron chi connectivity index (χ3n) is 2.33. The van der Waals surface area contributed by atoms with E-state index in [1.54, 1.807) is 12.3 Å². The van der Waals surface area contributed by atoms with E-state index < -0.39 is 0 Å². The van der Waals surface area contributed by atoms with Crippen LogP contribution in [-0.4, -0.2) is 16.9 Å². The first-order valence-electron chi connectivity index (χ1n) is 4.40. The van der Waals surface area contributed by atoms with Gasteiger partial charge in [0, 0.05) is 16.7 Å². The molecule has 2 N–H and O–H groups in total. The number of aromatic nitrogens is 1. The molecule has 4 heteroatoms. The van der Waals surface area contributed by atoms with Crippen molar-refractivity contribution in [1.29, 1.82) is 0 Å². The first-order chi connectivity index (χ1) is 6.25. The zero-order chi connectivity index (χ0) is 9.26. The minimum atomic E-state index is -0.00426. The van der Waals surface area contributed by atoms with Gasteiger partial charge in [0.25, 0.3) is 5.91 Å². The molecular formula is C9H11BrN2O. The fourth-order valence-corrected chi connectivity index (χ4v) is 1.66. The second-order valence-electron chi connectivity index (χ2n) is 3.33. The Morgan fingerprint density at radius 1 is 1.62 bits per heavy atom. The third kappa shape index (κ3) is 1.94. The highest BCUT2D eigenvalue weighted by atomic mass is 79.9. The number of carbonyl (C=O) groups excluding carboxylic acids is 1. The van der Waals surface area contributed by atoms with Gasteiger partial charge >= 0.3 is 0 Å². The highest BCUT2D eigenvalue weighted by Gasteiger charge is 2.20. The number of amides is 1. The highest BCUT2D eigenvalue weighted by molar-refractivity contribution is 9.10. The maximum atomic E-state index is 11.5. The summed E-state index contributed by atoms with van der Waals surface area (Å²) in [5.41, 5.74) is 0.624. The molecule has 0 bridgehead atoms. The molecule has 1 aromatic rings. The highest BCUT2D eigenvalue weighted by Crippen LogP contribution is 2.19. The van der Waals surface area contributed by atoms with Gasteiger partial charge in [0.15, 0.2) is 0 Å². The van der Waals surface area contributed by atoms with Crippen LogP contribution in [0.4, 0.5) is 0 Å². The van der Waals surface area contributed by atoms with Crippen molar-refractivity contribution >= 4 is 21.8 Å². The summed E-state index contributed by atoms with van der Waals surface area (Å²) in [5, 5.41) is 2.95. The number of halogens is 1. The Balaban J connectivity index is 1.96. The molecule has 13 heavy (non-hydrogen) atoms. The van der Waals surface area contributed by atoms with E-state index in [1.165, 1.54) is 6.42 Å². The molecule has 0 unspecified atom stereocenters. The minimum absolute atomic E-state index is 0.00426. The number of hydrogen-bond donors (Lipinski definition) is 2. The number of hydrogen-bond acceptors (Lipinski definition) is 1. The van der Waals surface area contributed by atoms with Crippen molar-refractivity contribution in [1.82, 2.24) is 10.3 Å². The molecule has 2 rings (SSSR count). The standard InChI is InChI=1S/C9H11BrN2O/c10-6-4-8(11-5-6)9(13)12-7-2-1-3-7/h4-5,7,11H,1-3H2,(H,12,13). The molecule has 0 aliphatic heterocycles. The average molecular weight is 243 g/mol. The predicted octanol–water partition coefficient (Wildman–Crippen LogP) is 2.06. The molecule has 1 amide bonds. The Kier molecular flexibility index (Phi) is 2.40. The molecule has 1 saturated carbocycles. The van der Waals surface area contributed by atoms with Crippen LogP contribution in [0.25, 0.3) is 0 Å². The van der Waals surface area contributed by atoms with Crippen molar-refractivity contribution in [2.75, 3.05) is 0 Å². The predicted molar refractivity (Wildman–Crippen MR) is 53.6 cm³/mol. The fourth-order valence-electron chi connectivity index (χ4n) is 1.31. The molecule has 1 fully saturated rings. The number of nitrogens with one attached hydrogen (secondary N) is 2. The van der Waals surface area contributed by atoms with Gasteiger partial charge in [0.1, 0.15) is 5.69 Å². The van der Waals surface area contributed by atoms with Crippen LogP contribution in [0.1, 0.15) is 29.8 Å². The molecule has 0 aromatic carbocycles. The van der Waals surface area contributed by atoms with Gasteiger partial charge < -0.3 is 10.3 Å². The molecule has 3 nitrogen and oxygen atoms in total. The van der Waals surface area contributed by atoms with E-state index in [2.05, 4.69) is 26.2 Å². The second-order valence-corrected chi connectivity index (χ2v) is 4.25. The molecular weight excluding hydrogens is 232 g/mol. The lowest BCUT2D eigenvalue weighted by molar-refractivity contribution is 0.0912. The van der Waals surface area contributed by atoms with Gasteiger partial charge in [-0.25, -0.2) is 0 Å². The molecule has 70 valence electrons. The number of carbonyl (C=O) groups is 1. The van der Waals surface area contributed by atoms with E-state index in [-0.39, 0.29) is 5.91 Å². The van der Waals surface area contributed by atoms with Crippen LogP contribution < -0.4 is 5.32 Å². The van der Waals surface area contributed by atoms with Crippen molar-refractivity contribution in [2.45, 2.75) is 25.3 Å². The number of H-pyrrole nitrogens is 1. The van der Waals surface area contributed by atoms with Gasteiger partial charge in [0.05, 0.1) is 0 Å². The maximum Gasteiger partial charge on any atom is 0.267 e. The SMILES string of the molecule is O=C(NC1CCC1)c1cc(Br)c[nH]1. The van der Waals surface area contributed by atoms with Gasteiger partial charge in [-0.05, 0) is 41.3 Å². The largest absolute Gasteiger partial charge is 0.356 e. The first kappa shape index (κ1) is 8.81. The Morgan fingerprint density at radius 2 is 2.38 bits per heavy atom. The van der Waals surface area contributed by atoms with Crippen LogP contribution in [0.5, 0.6) is 0 Å². The molecule has 1 heterocycles. The lowest BCUT2D eigenvalue weighted by Gasteiger charge is -2.25. The quantitative estimate of drug-likeness (QED) is 0.820. The number of rotatable bonds is 2. The van der Waals surface area contributed by atoms with E-state index in [1.807, 2.05) is 0 Å².